The number of carbonyl (C=O) groups excluding carboxylic acids is 4. The molecule has 0 saturated carbocycles. The van der Waals surface area contributed by atoms with Crippen LogP contribution in [0.4, 0.5) is 0 Å². The van der Waals surface area contributed by atoms with Crippen LogP contribution < -0.4 is 11.5 Å². The first-order valence-electron chi connectivity index (χ1n) is 10.9. The SMILES string of the molecule is CC(=O)c1ccc(C)c([131I])c1.CC(C)=N.NC(N)=NCc1ccc(C(=O)ON2C(=O)CCC2=O)cc1[131I]. The number of nitrogens with zero attached hydrogens (tertiary/aromatic N) is 2. The highest BCUT2D eigenvalue weighted by Crippen LogP contribution is 2.19. The van der Waals surface area contributed by atoms with Crippen LogP contribution in [0, 0.1) is 19.5 Å². The lowest BCUT2D eigenvalue weighted by Gasteiger charge is -2.13. The zero-order valence-corrected chi connectivity index (χ0v) is 25.2. The monoisotopic (exact) mass is 741 g/mol. The summed E-state index contributed by atoms with van der Waals surface area (Å²) in [6, 6.07) is 10.5. The van der Waals surface area contributed by atoms with E-state index in [0.29, 0.717) is 17.3 Å². The molecule has 3 rings (SSSR count). The van der Waals surface area contributed by atoms with E-state index in [-0.39, 0.29) is 30.1 Å². The quantitative estimate of drug-likeness (QED) is 0.136. The van der Waals surface area contributed by atoms with Crippen LogP contribution in [0.3, 0.4) is 0 Å². The number of hydrogen-bond acceptors (Lipinski definition) is 7. The Balaban J connectivity index is 0.000000379. The Morgan fingerprint density at radius 3 is 1.95 bits per heavy atom. The fraction of sp³-hybridized carbons (Fsp3) is 0.280. The molecule has 2 amide bonds. The van der Waals surface area contributed by atoms with Gasteiger partial charge in [0.05, 0.1) is 12.1 Å². The number of hydroxylamine groups is 2. The van der Waals surface area contributed by atoms with Gasteiger partial charge < -0.3 is 21.7 Å². The molecule has 1 saturated heterocycles. The van der Waals surface area contributed by atoms with Crippen LogP contribution in [0.25, 0.3) is 0 Å². The first-order chi connectivity index (χ1) is 17.2. The second kappa shape index (κ2) is 15.4. The standard InChI is InChI=1S/C13H13IN4O4.C9H9IO.C3H7N/c14-9-5-7(1-2-8(9)6-17-13(15)16)12(21)22-18-10(19)3-4-11(18)20;1-6-3-4-8(7(2)11)5-9(6)10;1-3(2)4/h1-2,5H,3-4,6H2,(H4,15,16,17);3-5H,1-2H3;4H,1-2H3/i14+4;10+4;. The van der Waals surface area contributed by atoms with Gasteiger partial charge in [0, 0.05) is 31.3 Å². The Hall–Kier alpha value is -2.88. The third kappa shape index (κ3) is 11.4. The third-order valence-electron chi connectivity index (χ3n) is 4.48. The molecule has 1 aliphatic rings. The molecule has 2 aromatic carbocycles. The summed E-state index contributed by atoms with van der Waals surface area (Å²) in [7, 11) is 0. The van der Waals surface area contributed by atoms with E-state index in [9.17, 15) is 19.2 Å². The number of rotatable bonds is 5. The number of carbonyl (C=O) groups is 4. The van der Waals surface area contributed by atoms with E-state index < -0.39 is 17.8 Å². The predicted octanol–water partition coefficient (Wildman–Crippen LogP) is 4.13. The van der Waals surface area contributed by atoms with Crippen molar-refractivity contribution in [2.45, 2.75) is 47.1 Å². The number of aliphatic imine (C=N–C) groups is 1. The molecule has 12 heteroatoms. The van der Waals surface area contributed by atoms with E-state index in [0.717, 1.165) is 18.3 Å². The van der Waals surface area contributed by atoms with Gasteiger partial charge in [0.1, 0.15) is 0 Å². The van der Waals surface area contributed by atoms with E-state index in [2.05, 4.69) is 27.6 Å². The molecule has 1 heterocycles. The largest absolute Gasteiger partial charge is 0.370 e. The number of imide groups is 1. The molecule has 0 unspecified atom stereocenters. The molecule has 0 aliphatic carbocycles. The van der Waals surface area contributed by atoms with E-state index in [1.165, 1.54) is 11.6 Å². The normalized spacial score (nSPS) is 12.0. The lowest BCUT2D eigenvalue weighted by molar-refractivity contribution is -0.172. The highest BCUT2D eigenvalue weighted by atomic mass is 131. The minimum Gasteiger partial charge on any atom is -0.370 e. The first kappa shape index (κ1) is 32.1. The number of guanidine groups is 1. The van der Waals surface area contributed by atoms with Crippen molar-refractivity contribution in [1.29, 1.82) is 5.41 Å². The molecule has 10 nitrogen and oxygen atoms in total. The number of nitrogens with two attached hydrogens (primary N) is 2. The summed E-state index contributed by atoms with van der Waals surface area (Å²) in [5.41, 5.74) is 14.3. The molecule has 0 spiro atoms. The van der Waals surface area contributed by atoms with Crippen LogP contribution in [-0.4, -0.2) is 40.3 Å². The van der Waals surface area contributed by atoms with Gasteiger partial charge >= 0.3 is 5.97 Å². The minimum absolute atomic E-state index is 0.0228. The summed E-state index contributed by atoms with van der Waals surface area (Å²) in [5, 5.41) is 7.02. The summed E-state index contributed by atoms with van der Waals surface area (Å²) in [6.07, 6.45) is 0.113. The van der Waals surface area contributed by atoms with Crippen molar-refractivity contribution in [3.63, 3.8) is 0 Å². The van der Waals surface area contributed by atoms with Gasteiger partial charge in [0.25, 0.3) is 11.8 Å². The lowest BCUT2D eigenvalue weighted by Crippen LogP contribution is -2.32. The van der Waals surface area contributed by atoms with Crippen molar-refractivity contribution < 1.29 is 24.0 Å². The Morgan fingerprint density at radius 2 is 1.49 bits per heavy atom. The van der Waals surface area contributed by atoms with Crippen LogP contribution in [0.5, 0.6) is 0 Å². The van der Waals surface area contributed by atoms with Gasteiger partial charge in [-0.2, -0.15) is 0 Å². The van der Waals surface area contributed by atoms with Gasteiger partial charge in [-0.15, -0.1) is 5.06 Å². The molecule has 37 heavy (non-hydrogen) atoms. The van der Waals surface area contributed by atoms with Gasteiger partial charge in [-0.25, -0.2) is 9.79 Å². The maximum atomic E-state index is 12.0. The highest BCUT2D eigenvalue weighted by Gasteiger charge is 2.33. The van der Waals surface area contributed by atoms with E-state index >= 15 is 0 Å². The lowest BCUT2D eigenvalue weighted by atomic mass is 10.1. The molecule has 1 aliphatic heterocycles. The van der Waals surface area contributed by atoms with Crippen LogP contribution in [0.1, 0.15) is 65.5 Å². The maximum Gasteiger partial charge on any atom is 0.363 e. The second-order valence-corrected chi connectivity index (χ2v) is 10.4. The van der Waals surface area contributed by atoms with Crippen molar-refractivity contribution >= 4 is 80.4 Å². The first-order valence-corrected chi connectivity index (χ1v) is 13.1. The number of benzene rings is 2. The van der Waals surface area contributed by atoms with Crippen LogP contribution in [-0.2, 0) is 21.0 Å². The highest BCUT2D eigenvalue weighted by molar-refractivity contribution is 14.1. The molecular formula is C25H29I2N5O5. The predicted molar refractivity (Wildman–Crippen MR) is 158 cm³/mol. The summed E-state index contributed by atoms with van der Waals surface area (Å²) in [4.78, 5) is 54.4. The zero-order valence-electron chi connectivity index (χ0n) is 20.9. The average Bonchev–Trinajstić information content (AvgIpc) is 3.12. The van der Waals surface area contributed by atoms with Gasteiger partial charge in [0.2, 0.25) is 0 Å². The molecular weight excluding hydrogens is 712 g/mol. The number of hydrogen-bond donors (Lipinski definition) is 3. The van der Waals surface area contributed by atoms with Gasteiger partial charge in [-0.05, 0) is 102 Å². The van der Waals surface area contributed by atoms with Gasteiger partial charge in [-0.3, -0.25) is 14.4 Å². The Bertz CT molecular complexity index is 1210. The van der Waals surface area contributed by atoms with Crippen molar-refractivity contribution in [3.8, 4) is 0 Å². The van der Waals surface area contributed by atoms with Crippen molar-refractivity contribution in [1.82, 2.24) is 5.06 Å². The molecule has 0 bridgehead atoms. The molecule has 0 atom stereocenters. The number of nitrogens with one attached hydrogen (secondary N) is 1. The van der Waals surface area contributed by atoms with Crippen molar-refractivity contribution in [2.24, 2.45) is 16.5 Å². The van der Waals surface area contributed by atoms with Gasteiger partial charge in [0.15, 0.2) is 11.7 Å². The molecule has 198 valence electrons. The number of Topliss-reactive ketones (excluding diaryl/α,β-unsaturated/α-hetero) is 1. The second-order valence-electron chi connectivity index (χ2n) is 8.03. The summed E-state index contributed by atoms with van der Waals surface area (Å²) in [6.45, 7) is 7.41. The Labute approximate surface area is 242 Å². The van der Waals surface area contributed by atoms with Crippen molar-refractivity contribution in [3.05, 3.63) is 65.8 Å². The summed E-state index contributed by atoms with van der Waals surface area (Å²) >= 11 is 4.26. The number of ketones is 1. The van der Waals surface area contributed by atoms with Crippen molar-refractivity contribution in [2.75, 3.05) is 0 Å². The van der Waals surface area contributed by atoms with E-state index in [1.807, 2.05) is 47.7 Å². The molecule has 2 aromatic rings. The molecule has 5 N–H and O–H groups in total. The maximum absolute atomic E-state index is 12.0. The van der Waals surface area contributed by atoms with Crippen LogP contribution in [0.2, 0.25) is 0 Å². The fourth-order valence-electron chi connectivity index (χ4n) is 2.58. The van der Waals surface area contributed by atoms with Crippen LogP contribution in [0.15, 0.2) is 41.4 Å². The van der Waals surface area contributed by atoms with Gasteiger partial charge in [-0.1, -0.05) is 18.2 Å². The smallest absolute Gasteiger partial charge is 0.363 e. The zero-order chi connectivity index (χ0) is 28.3. The topological polar surface area (TPSA) is 169 Å². The Kier molecular flexibility index (Phi) is 13.4. The Morgan fingerprint density at radius 1 is 0.973 bits per heavy atom. The summed E-state index contributed by atoms with van der Waals surface area (Å²) < 4.78 is 1.91. The molecule has 0 radical (unpaired) electrons. The van der Waals surface area contributed by atoms with E-state index in [4.69, 9.17) is 21.7 Å². The minimum atomic E-state index is -0.769. The van der Waals surface area contributed by atoms with E-state index in [1.54, 1.807) is 32.9 Å². The molecule has 0 aromatic heterocycles. The average molecular weight is 741 g/mol. The number of halogens is 2. The fourth-order valence-corrected chi connectivity index (χ4v) is 3.79. The summed E-state index contributed by atoms with van der Waals surface area (Å²) in [5.74, 6) is -1.70. The molecule has 1 fully saturated rings. The van der Waals surface area contributed by atoms with Crippen LogP contribution >= 0.6 is 45.2 Å². The third-order valence-corrected chi connectivity index (χ3v) is 6.65. The number of amides is 2. The number of aryl methyl sites for hydroxylation is 1.